The van der Waals surface area contributed by atoms with Gasteiger partial charge in [0, 0.05) is 0 Å². The van der Waals surface area contributed by atoms with Crippen LogP contribution in [0.4, 0.5) is 0 Å². The number of ketones is 1. The van der Waals surface area contributed by atoms with E-state index in [1.165, 1.54) is 6.92 Å². The minimum atomic E-state index is -0.749. The molecule has 0 aliphatic rings. The van der Waals surface area contributed by atoms with E-state index >= 15 is 0 Å². The molecule has 1 amide bonds. The van der Waals surface area contributed by atoms with Crippen LogP contribution >= 0.6 is 0 Å². The van der Waals surface area contributed by atoms with Crippen LogP contribution in [-0.4, -0.2) is 17.8 Å². The number of hydrogen-bond donors (Lipinski definition) is 1. The summed E-state index contributed by atoms with van der Waals surface area (Å²) >= 11 is 0. The lowest BCUT2D eigenvalue weighted by atomic mass is 10.1. The van der Waals surface area contributed by atoms with E-state index in [0.29, 0.717) is 11.3 Å². The molecule has 0 heterocycles. The third-order valence-corrected chi connectivity index (χ3v) is 2.22. The van der Waals surface area contributed by atoms with Crippen molar-refractivity contribution in [3.8, 4) is 5.75 Å². The number of rotatable bonds is 4. The van der Waals surface area contributed by atoms with Gasteiger partial charge in [-0.15, -0.1) is 0 Å². The Morgan fingerprint density at radius 1 is 1.38 bits per heavy atom. The number of carbonyl (C=O) groups excluding carboxylic acids is 2. The maximum absolute atomic E-state index is 11.4. The van der Waals surface area contributed by atoms with Gasteiger partial charge >= 0.3 is 0 Å². The number of amides is 1. The van der Waals surface area contributed by atoms with Gasteiger partial charge in [0.1, 0.15) is 5.75 Å². The van der Waals surface area contributed by atoms with Crippen molar-refractivity contribution in [2.75, 3.05) is 0 Å². The lowest BCUT2D eigenvalue weighted by Crippen LogP contribution is -2.31. The number of aryl methyl sites for hydroxylation is 1. The first-order chi connectivity index (χ1) is 7.41. The summed E-state index contributed by atoms with van der Waals surface area (Å²) in [4.78, 5) is 22.2. The topological polar surface area (TPSA) is 69.4 Å². The van der Waals surface area contributed by atoms with E-state index in [2.05, 4.69) is 0 Å². The molecule has 0 spiro atoms. The van der Waals surface area contributed by atoms with E-state index in [9.17, 15) is 9.59 Å². The number of ether oxygens (including phenoxy) is 1. The van der Waals surface area contributed by atoms with Crippen molar-refractivity contribution in [2.45, 2.75) is 26.9 Å². The van der Waals surface area contributed by atoms with E-state index in [-0.39, 0.29) is 5.78 Å². The number of hydrogen-bond acceptors (Lipinski definition) is 3. The third-order valence-electron chi connectivity index (χ3n) is 2.22. The number of Topliss-reactive ketones (excluding diaryl/α,β-unsaturated/α-hetero) is 1. The van der Waals surface area contributed by atoms with Crippen LogP contribution in [0.15, 0.2) is 18.2 Å². The number of primary amides is 1. The average Bonchev–Trinajstić information content (AvgIpc) is 2.20. The standard InChI is InChI=1S/C12H15NO3/c1-7-4-5-11(10(6-7)8(2)14)16-9(3)12(13)15/h4-6,9H,1-3H3,(H2,13,15). The number of carbonyl (C=O) groups is 2. The molecule has 1 aromatic rings. The summed E-state index contributed by atoms with van der Waals surface area (Å²) in [7, 11) is 0. The van der Waals surface area contributed by atoms with Gasteiger partial charge in [-0.25, -0.2) is 0 Å². The second-order valence-corrected chi connectivity index (χ2v) is 3.72. The summed E-state index contributed by atoms with van der Waals surface area (Å²) in [5, 5.41) is 0. The van der Waals surface area contributed by atoms with Crippen molar-refractivity contribution in [3.63, 3.8) is 0 Å². The first-order valence-corrected chi connectivity index (χ1v) is 4.99. The van der Waals surface area contributed by atoms with Crippen LogP contribution in [0.1, 0.15) is 29.8 Å². The molecule has 0 aliphatic heterocycles. The maximum atomic E-state index is 11.4. The molecule has 16 heavy (non-hydrogen) atoms. The molecule has 0 radical (unpaired) electrons. The van der Waals surface area contributed by atoms with E-state index < -0.39 is 12.0 Å². The summed E-state index contributed by atoms with van der Waals surface area (Å²) in [6.07, 6.45) is -0.749. The smallest absolute Gasteiger partial charge is 0.258 e. The van der Waals surface area contributed by atoms with E-state index in [1.54, 1.807) is 19.1 Å². The Hall–Kier alpha value is -1.84. The molecule has 4 heteroatoms. The van der Waals surface area contributed by atoms with Gasteiger partial charge < -0.3 is 10.5 Å². The molecule has 0 saturated carbocycles. The van der Waals surface area contributed by atoms with Gasteiger partial charge in [-0.3, -0.25) is 9.59 Å². The van der Waals surface area contributed by atoms with E-state index in [0.717, 1.165) is 5.56 Å². The van der Waals surface area contributed by atoms with Gasteiger partial charge in [-0.05, 0) is 32.9 Å². The number of benzene rings is 1. The summed E-state index contributed by atoms with van der Waals surface area (Å²) in [6, 6.07) is 5.21. The highest BCUT2D eigenvalue weighted by Gasteiger charge is 2.15. The third kappa shape index (κ3) is 2.82. The first-order valence-electron chi connectivity index (χ1n) is 4.99. The van der Waals surface area contributed by atoms with Gasteiger partial charge in [-0.2, -0.15) is 0 Å². The fourth-order valence-corrected chi connectivity index (χ4v) is 1.27. The molecule has 1 unspecified atom stereocenters. The Morgan fingerprint density at radius 2 is 2.00 bits per heavy atom. The van der Waals surface area contributed by atoms with Gasteiger partial charge in [0.25, 0.3) is 5.91 Å². The lowest BCUT2D eigenvalue weighted by molar-refractivity contribution is -0.124. The highest BCUT2D eigenvalue weighted by atomic mass is 16.5. The largest absolute Gasteiger partial charge is 0.480 e. The Morgan fingerprint density at radius 3 is 2.50 bits per heavy atom. The zero-order chi connectivity index (χ0) is 12.3. The molecular formula is C12H15NO3. The zero-order valence-electron chi connectivity index (χ0n) is 9.61. The SMILES string of the molecule is CC(=O)c1cc(C)ccc1OC(C)C(N)=O. The quantitative estimate of drug-likeness (QED) is 0.782. The summed E-state index contributed by atoms with van der Waals surface area (Å²) in [5.74, 6) is -0.269. The van der Waals surface area contributed by atoms with Crippen molar-refractivity contribution in [1.29, 1.82) is 0 Å². The fraction of sp³-hybridized carbons (Fsp3) is 0.333. The summed E-state index contributed by atoms with van der Waals surface area (Å²) < 4.78 is 5.33. The van der Waals surface area contributed by atoms with Crippen molar-refractivity contribution in [1.82, 2.24) is 0 Å². The highest BCUT2D eigenvalue weighted by Crippen LogP contribution is 2.21. The minimum Gasteiger partial charge on any atom is -0.480 e. The van der Waals surface area contributed by atoms with Crippen LogP contribution in [0.5, 0.6) is 5.75 Å². The molecule has 4 nitrogen and oxygen atoms in total. The van der Waals surface area contributed by atoms with Crippen LogP contribution in [0.3, 0.4) is 0 Å². The molecular weight excluding hydrogens is 206 g/mol. The Labute approximate surface area is 94.4 Å². The van der Waals surface area contributed by atoms with Gasteiger partial charge in [-0.1, -0.05) is 11.6 Å². The average molecular weight is 221 g/mol. The van der Waals surface area contributed by atoms with Crippen LogP contribution in [0.2, 0.25) is 0 Å². The van der Waals surface area contributed by atoms with Crippen LogP contribution in [0, 0.1) is 6.92 Å². The molecule has 0 aromatic heterocycles. The summed E-state index contributed by atoms with van der Waals surface area (Å²) in [5.41, 5.74) is 6.52. The molecule has 0 fully saturated rings. The van der Waals surface area contributed by atoms with Crippen molar-refractivity contribution in [2.24, 2.45) is 5.73 Å². The molecule has 1 atom stereocenters. The highest BCUT2D eigenvalue weighted by molar-refractivity contribution is 5.97. The zero-order valence-corrected chi connectivity index (χ0v) is 9.61. The second kappa shape index (κ2) is 4.79. The minimum absolute atomic E-state index is 0.102. The Balaban J connectivity index is 3.04. The lowest BCUT2D eigenvalue weighted by Gasteiger charge is -2.14. The molecule has 0 saturated heterocycles. The fourth-order valence-electron chi connectivity index (χ4n) is 1.27. The molecule has 0 aliphatic carbocycles. The predicted molar refractivity (Wildman–Crippen MR) is 60.5 cm³/mol. The van der Waals surface area contributed by atoms with Gasteiger partial charge in [0.05, 0.1) is 5.56 Å². The maximum Gasteiger partial charge on any atom is 0.258 e. The van der Waals surface area contributed by atoms with Crippen molar-refractivity contribution >= 4 is 11.7 Å². The van der Waals surface area contributed by atoms with Crippen LogP contribution < -0.4 is 10.5 Å². The molecule has 0 bridgehead atoms. The Kier molecular flexibility index (Phi) is 3.66. The van der Waals surface area contributed by atoms with Crippen molar-refractivity contribution in [3.05, 3.63) is 29.3 Å². The van der Waals surface area contributed by atoms with Crippen molar-refractivity contribution < 1.29 is 14.3 Å². The molecule has 1 aromatic carbocycles. The van der Waals surface area contributed by atoms with E-state index in [4.69, 9.17) is 10.5 Å². The van der Waals surface area contributed by atoms with Crippen LogP contribution in [-0.2, 0) is 4.79 Å². The van der Waals surface area contributed by atoms with Gasteiger partial charge in [0.2, 0.25) is 0 Å². The first kappa shape index (κ1) is 12.2. The monoisotopic (exact) mass is 221 g/mol. The van der Waals surface area contributed by atoms with Crippen LogP contribution in [0.25, 0.3) is 0 Å². The normalized spacial score (nSPS) is 11.9. The predicted octanol–water partition coefficient (Wildman–Crippen LogP) is 1.45. The van der Waals surface area contributed by atoms with E-state index in [1.807, 2.05) is 13.0 Å². The second-order valence-electron chi connectivity index (χ2n) is 3.72. The Bertz CT molecular complexity index is 426. The summed E-state index contributed by atoms with van der Waals surface area (Å²) in [6.45, 7) is 4.89. The molecule has 1 rings (SSSR count). The molecule has 86 valence electrons. The number of nitrogens with two attached hydrogens (primary N) is 1. The van der Waals surface area contributed by atoms with Gasteiger partial charge in [0.15, 0.2) is 11.9 Å². The molecule has 2 N–H and O–H groups in total.